The van der Waals surface area contributed by atoms with Crippen molar-refractivity contribution in [2.45, 2.75) is 32.6 Å². The average molecular weight is 345 g/mol. The molecule has 0 aliphatic rings. The predicted molar refractivity (Wildman–Crippen MR) is 96.0 cm³/mol. The molecule has 0 saturated heterocycles. The lowest BCUT2D eigenvalue weighted by molar-refractivity contribution is -0.125. The van der Waals surface area contributed by atoms with Crippen molar-refractivity contribution < 1.29 is 14.3 Å². The molecular formula is C17H29ClN2O3. The third kappa shape index (κ3) is 5.92. The van der Waals surface area contributed by atoms with Crippen LogP contribution in [0.3, 0.4) is 0 Å². The standard InChI is InChI=1S/C17H28N2O3.ClH/c1-6-9-18-10-11-19-16(20)17(2,3)13-7-8-14(21-4)15(12-13)22-5;/h7-8,12,18H,6,9-11H2,1-5H3,(H,19,20);1H. The monoisotopic (exact) mass is 344 g/mol. The van der Waals surface area contributed by atoms with E-state index < -0.39 is 5.41 Å². The average Bonchev–Trinajstić information content (AvgIpc) is 2.53. The molecule has 23 heavy (non-hydrogen) atoms. The lowest BCUT2D eigenvalue weighted by Gasteiger charge is -2.25. The number of benzene rings is 1. The molecule has 0 atom stereocenters. The summed E-state index contributed by atoms with van der Waals surface area (Å²) < 4.78 is 10.5. The van der Waals surface area contributed by atoms with Gasteiger partial charge in [0.15, 0.2) is 11.5 Å². The Morgan fingerprint density at radius 3 is 2.30 bits per heavy atom. The molecule has 5 nitrogen and oxygen atoms in total. The van der Waals surface area contributed by atoms with Gasteiger partial charge in [-0.1, -0.05) is 13.0 Å². The summed E-state index contributed by atoms with van der Waals surface area (Å²) in [6.07, 6.45) is 1.09. The van der Waals surface area contributed by atoms with Crippen molar-refractivity contribution in [2.75, 3.05) is 33.9 Å². The van der Waals surface area contributed by atoms with E-state index in [9.17, 15) is 4.79 Å². The van der Waals surface area contributed by atoms with Crippen LogP contribution in [-0.2, 0) is 10.2 Å². The van der Waals surface area contributed by atoms with Crippen LogP contribution in [0.1, 0.15) is 32.8 Å². The van der Waals surface area contributed by atoms with Crippen LogP contribution < -0.4 is 20.1 Å². The molecule has 0 heterocycles. The summed E-state index contributed by atoms with van der Waals surface area (Å²) in [5.41, 5.74) is 0.258. The summed E-state index contributed by atoms with van der Waals surface area (Å²) >= 11 is 0. The molecule has 1 amide bonds. The van der Waals surface area contributed by atoms with E-state index >= 15 is 0 Å². The van der Waals surface area contributed by atoms with E-state index in [-0.39, 0.29) is 18.3 Å². The molecule has 0 fully saturated rings. The normalized spacial score (nSPS) is 10.7. The van der Waals surface area contributed by atoms with E-state index in [4.69, 9.17) is 9.47 Å². The van der Waals surface area contributed by atoms with Gasteiger partial charge in [-0.05, 0) is 44.5 Å². The van der Waals surface area contributed by atoms with Crippen LogP contribution in [0.25, 0.3) is 0 Å². The number of amides is 1. The number of methoxy groups -OCH3 is 2. The van der Waals surface area contributed by atoms with Crippen molar-refractivity contribution in [3.05, 3.63) is 23.8 Å². The van der Waals surface area contributed by atoms with Gasteiger partial charge in [0.2, 0.25) is 5.91 Å². The number of nitrogens with one attached hydrogen (secondary N) is 2. The van der Waals surface area contributed by atoms with Crippen molar-refractivity contribution in [3.63, 3.8) is 0 Å². The molecule has 0 radical (unpaired) electrons. The lowest BCUT2D eigenvalue weighted by atomic mass is 9.83. The fraction of sp³-hybridized carbons (Fsp3) is 0.588. The zero-order chi connectivity index (χ0) is 16.6. The van der Waals surface area contributed by atoms with Crippen molar-refractivity contribution in [2.24, 2.45) is 0 Å². The highest BCUT2D eigenvalue weighted by molar-refractivity contribution is 5.87. The molecule has 0 aliphatic heterocycles. The van der Waals surface area contributed by atoms with Gasteiger partial charge in [-0.2, -0.15) is 0 Å². The summed E-state index contributed by atoms with van der Waals surface area (Å²) in [6.45, 7) is 8.30. The fourth-order valence-electron chi connectivity index (χ4n) is 2.14. The summed E-state index contributed by atoms with van der Waals surface area (Å²) in [5, 5.41) is 6.24. The number of hydrogen-bond acceptors (Lipinski definition) is 4. The maximum absolute atomic E-state index is 12.4. The van der Waals surface area contributed by atoms with Gasteiger partial charge in [-0.3, -0.25) is 4.79 Å². The molecule has 1 aromatic carbocycles. The number of carbonyl (C=O) groups is 1. The molecule has 0 unspecified atom stereocenters. The molecule has 1 rings (SSSR count). The number of rotatable bonds is 9. The first kappa shape index (κ1) is 21.5. The zero-order valence-electron chi connectivity index (χ0n) is 14.7. The molecule has 0 spiro atoms. The van der Waals surface area contributed by atoms with Crippen LogP contribution in [0.4, 0.5) is 0 Å². The summed E-state index contributed by atoms with van der Waals surface area (Å²) in [7, 11) is 3.19. The topological polar surface area (TPSA) is 59.6 Å². The summed E-state index contributed by atoms with van der Waals surface area (Å²) in [4.78, 5) is 12.4. The molecule has 0 bridgehead atoms. The first-order chi connectivity index (χ1) is 10.5. The minimum atomic E-state index is -0.635. The van der Waals surface area contributed by atoms with Gasteiger partial charge < -0.3 is 20.1 Å². The third-order valence-corrected chi connectivity index (χ3v) is 3.69. The Bertz CT molecular complexity index is 493. The zero-order valence-corrected chi connectivity index (χ0v) is 15.5. The third-order valence-electron chi connectivity index (χ3n) is 3.69. The minimum absolute atomic E-state index is 0. The van der Waals surface area contributed by atoms with Crippen LogP contribution in [-0.4, -0.2) is 39.8 Å². The number of carbonyl (C=O) groups excluding carboxylic acids is 1. The highest BCUT2D eigenvalue weighted by atomic mass is 35.5. The van der Waals surface area contributed by atoms with E-state index in [1.165, 1.54) is 0 Å². The number of halogens is 1. The summed E-state index contributed by atoms with van der Waals surface area (Å²) in [6, 6.07) is 5.58. The smallest absolute Gasteiger partial charge is 0.230 e. The van der Waals surface area contributed by atoms with E-state index in [1.54, 1.807) is 14.2 Å². The van der Waals surface area contributed by atoms with Gasteiger partial charge >= 0.3 is 0 Å². The van der Waals surface area contributed by atoms with E-state index in [0.29, 0.717) is 18.0 Å². The van der Waals surface area contributed by atoms with Gasteiger partial charge in [0.1, 0.15) is 0 Å². The first-order valence-corrected chi connectivity index (χ1v) is 7.68. The van der Waals surface area contributed by atoms with Crippen molar-refractivity contribution in [3.8, 4) is 11.5 Å². The van der Waals surface area contributed by atoms with Gasteiger partial charge in [0.05, 0.1) is 19.6 Å². The molecule has 2 N–H and O–H groups in total. The van der Waals surface area contributed by atoms with Crippen LogP contribution >= 0.6 is 12.4 Å². The quantitative estimate of drug-likeness (QED) is 0.676. The van der Waals surface area contributed by atoms with Gasteiger partial charge in [0, 0.05) is 13.1 Å². The molecule has 0 aromatic heterocycles. The molecule has 6 heteroatoms. The first-order valence-electron chi connectivity index (χ1n) is 7.68. The van der Waals surface area contributed by atoms with Crippen molar-refractivity contribution in [1.29, 1.82) is 0 Å². The Labute approximate surface area is 145 Å². The van der Waals surface area contributed by atoms with Crippen LogP contribution in [0.15, 0.2) is 18.2 Å². The van der Waals surface area contributed by atoms with Gasteiger partial charge in [0.25, 0.3) is 0 Å². The second kappa shape index (κ2) is 10.3. The Hall–Kier alpha value is -1.46. The lowest BCUT2D eigenvalue weighted by Crippen LogP contribution is -2.42. The van der Waals surface area contributed by atoms with E-state index in [2.05, 4.69) is 17.6 Å². The van der Waals surface area contributed by atoms with Crippen LogP contribution in [0, 0.1) is 0 Å². The van der Waals surface area contributed by atoms with E-state index in [0.717, 1.165) is 25.1 Å². The largest absolute Gasteiger partial charge is 0.493 e. The van der Waals surface area contributed by atoms with Crippen LogP contribution in [0.5, 0.6) is 11.5 Å². The molecule has 132 valence electrons. The van der Waals surface area contributed by atoms with Gasteiger partial charge in [-0.15, -0.1) is 12.4 Å². The SMILES string of the molecule is CCCNCCNC(=O)C(C)(C)c1ccc(OC)c(OC)c1.Cl. The molecule has 0 saturated carbocycles. The highest BCUT2D eigenvalue weighted by Crippen LogP contribution is 2.33. The van der Waals surface area contributed by atoms with Gasteiger partial charge in [-0.25, -0.2) is 0 Å². The number of hydrogen-bond donors (Lipinski definition) is 2. The molecule has 1 aromatic rings. The van der Waals surface area contributed by atoms with Crippen molar-refractivity contribution >= 4 is 18.3 Å². The fourth-order valence-corrected chi connectivity index (χ4v) is 2.14. The minimum Gasteiger partial charge on any atom is -0.493 e. The predicted octanol–water partition coefficient (Wildman–Crippen LogP) is 2.52. The Kier molecular flexibility index (Phi) is 9.68. The molecule has 0 aliphatic carbocycles. The Morgan fingerprint density at radius 1 is 1.09 bits per heavy atom. The maximum atomic E-state index is 12.4. The number of ether oxygens (including phenoxy) is 2. The summed E-state index contributed by atoms with van der Waals surface area (Å²) in [5.74, 6) is 1.29. The van der Waals surface area contributed by atoms with E-state index in [1.807, 2.05) is 32.0 Å². The highest BCUT2D eigenvalue weighted by Gasteiger charge is 2.30. The second-order valence-electron chi connectivity index (χ2n) is 5.70. The van der Waals surface area contributed by atoms with Crippen molar-refractivity contribution in [1.82, 2.24) is 10.6 Å². The Morgan fingerprint density at radius 2 is 1.74 bits per heavy atom. The maximum Gasteiger partial charge on any atom is 0.230 e. The Balaban J connectivity index is 0.00000484. The second-order valence-corrected chi connectivity index (χ2v) is 5.70. The van der Waals surface area contributed by atoms with Crippen LogP contribution in [0.2, 0.25) is 0 Å². The molecular weight excluding hydrogens is 316 g/mol.